The number of carbonyl (C=O) groups excluding carboxylic acids is 2. The SMILES string of the molecule is CC(=O)C(C)n1c(C2CC(=O)N(c3ccc(Cl)cc3)C2)nc2ccccc21. The maximum Gasteiger partial charge on any atom is 0.227 e. The number of nitrogens with zero attached hydrogens (tertiary/aromatic N) is 3. The Morgan fingerprint density at radius 1 is 1.19 bits per heavy atom. The number of benzene rings is 2. The monoisotopic (exact) mass is 381 g/mol. The molecule has 5 nitrogen and oxygen atoms in total. The van der Waals surface area contributed by atoms with Crippen molar-refractivity contribution in [3.05, 3.63) is 59.4 Å². The highest BCUT2D eigenvalue weighted by Crippen LogP contribution is 2.35. The zero-order valence-electron chi connectivity index (χ0n) is 15.2. The average molecular weight is 382 g/mol. The van der Waals surface area contributed by atoms with Gasteiger partial charge in [0.25, 0.3) is 0 Å². The second-order valence-electron chi connectivity index (χ2n) is 7.00. The molecule has 3 aromatic rings. The standard InChI is InChI=1S/C21H20ClN3O2/c1-13(14(2)26)25-19-6-4-3-5-18(19)23-21(25)15-11-20(27)24(12-15)17-9-7-16(22)8-10-17/h3-10,13,15H,11-12H2,1-2H3. The van der Waals surface area contributed by atoms with Crippen molar-refractivity contribution in [1.82, 2.24) is 9.55 Å². The molecule has 0 aliphatic carbocycles. The fourth-order valence-electron chi connectivity index (χ4n) is 3.69. The van der Waals surface area contributed by atoms with Gasteiger partial charge in [0.2, 0.25) is 5.91 Å². The van der Waals surface area contributed by atoms with Crippen LogP contribution in [0.5, 0.6) is 0 Å². The Hall–Kier alpha value is -2.66. The molecule has 0 bridgehead atoms. The Morgan fingerprint density at radius 3 is 2.59 bits per heavy atom. The number of fused-ring (bicyclic) bond motifs is 1. The zero-order valence-corrected chi connectivity index (χ0v) is 16.0. The third-order valence-electron chi connectivity index (χ3n) is 5.23. The molecular formula is C21H20ClN3O2. The average Bonchev–Trinajstić information content (AvgIpc) is 3.22. The molecule has 27 heavy (non-hydrogen) atoms. The van der Waals surface area contributed by atoms with Gasteiger partial charge in [0.1, 0.15) is 5.82 Å². The van der Waals surface area contributed by atoms with Crippen LogP contribution < -0.4 is 4.90 Å². The van der Waals surface area contributed by atoms with Crippen LogP contribution in [0.3, 0.4) is 0 Å². The molecule has 4 rings (SSSR count). The molecule has 1 amide bonds. The number of halogens is 1. The second kappa shape index (κ2) is 6.82. The molecule has 6 heteroatoms. The summed E-state index contributed by atoms with van der Waals surface area (Å²) in [6.45, 7) is 4.01. The van der Waals surface area contributed by atoms with E-state index in [0.717, 1.165) is 22.5 Å². The topological polar surface area (TPSA) is 55.2 Å². The van der Waals surface area contributed by atoms with Gasteiger partial charge in [0, 0.05) is 29.6 Å². The van der Waals surface area contributed by atoms with Gasteiger partial charge in [0.15, 0.2) is 5.78 Å². The molecule has 1 aliphatic heterocycles. The molecule has 0 saturated carbocycles. The molecule has 1 saturated heterocycles. The van der Waals surface area contributed by atoms with E-state index >= 15 is 0 Å². The molecule has 2 aromatic carbocycles. The first-order valence-corrected chi connectivity index (χ1v) is 9.36. The van der Waals surface area contributed by atoms with Crippen LogP contribution in [0.2, 0.25) is 5.02 Å². The summed E-state index contributed by atoms with van der Waals surface area (Å²) in [6.07, 6.45) is 0.372. The Labute approximate surface area is 162 Å². The summed E-state index contributed by atoms with van der Waals surface area (Å²) >= 11 is 5.96. The van der Waals surface area contributed by atoms with E-state index < -0.39 is 0 Å². The number of hydrogen-bond donors (Lipinski definition) is 0. The fourth-order valence-corrected chi connectivity index (χ4v) is 3.82. The summed E-state index contributed by atoms with van der Waals surface area (Å²) in [5.41, 5.74) is 2.60. The van der Waals surface area contributed by atoms with Crippen molar-refractivity contribution < 1.29 is 9.59 Å². The lowest BCUT2D eigenvalue weighted by Crippen LogP contribution is -2.25. The number of carbonyl (C=O) groups is 2. The number of imidazole rings is 1. The number of Topliss-reactive ketones (excluding diaryl/α,β-unsaturated/α-hetero) is 1. The number of para-hydroxylation sites is 2. The van der Waals surface area contributed by atoms with Crippen molar-refractivity contribution in [3.63, 3.8) is 0 Å². The lowest BCUT2D eigenvalue weighted by atomic mass is 10.1. The minimum Gasteiger partial charge on any atom is -0.317 e. The quantitative estimate of drug-likeness (QED) is 0.674. The van der Waals surface area contributed by atoms with E-state index in [1.54, 1.807) is 24.0 Å². The molecule has 0 radical (unpaired) electrons. The van der Waals surface area contributed by atoms with Crippen molar-refractivity contribution in [2.75, 3.05) is 11.4 Å². The van der Waals surface area contributed by atoms with Gasteiger partial charge < -0.3 is 9.47 Å². The number of anilines is 1. The number of aromatic nitrogens is 2. The maximum absolute atomic E-state index is 12.7. The number of hydrogen-bond acceptors (Lipinski definition) is 3. The predicted molar refractivity (Wildman–Crippen MR) is 106 cm³/mol. The highest BCUT2D eigenvalue weighted by atomic mass is 35.5. The molecular weight excluding hydrogens is 362 g/mol. The van der Waals surface area contributed by atoms with Crippen LogP contribution >= 0.6 is 11.6 Å². The van der Waals surface area contributed by atoms with Crippen LogP contribution in [0.15, 0.2) is 48.5 Å². The van der Waals surface area contributed by atoms with E-state index in [1.807, 2.05) is 47.9 Å². The maximum atomic E-state index is 12.7. The van der Waals surface area contributed by atoms with E-state index in [1.165, 1.54) is 0 Å². The van der Waals surface area contributed by atoms with Crippen LogP contribution in [0, 0.1) is 0 Å². The summed E-state index contributed by atoms with van der Waals surface area (Å²) in [7, 11) is 0. The summed E-state index contributed by atoms with van der Waals surface area (Å²) in [5, 5.41) is 0.638. The number of rotatable bonds is 4. The van der Waals surface area contributed by atoms with Gasteiger partial charge in [-0.1, -0.05) is 23.7 Å². The normalized spacial score (nSPS) is 18.3. The highest BCUT2D eigenvalue weighted by Gasteiger charge is 2.35. The Morgan fingerprint density at radius 2 is 1.89 bits per heavy atom. The first-order valence-electron chi connectivity index (χ1n) is 8.99. The van der Waals surface area contributed by atoms with E-state index in [9.17, 15) is 9.59 Å². The molecule has 1 fully saturated rings. The van der Waals surface area contributed by atoms with Crippen LogP contribution in [-0.4, -0.2) is 27.8 Å². The Balaban J connectivity index is 1.74. The van der Waals surface area contributed by atoms with Gasteiger partial charge in [-0.05, 0) is 50.2 Å². The molecule has 2 atom stereocenters. The van der Waals surface area contributed by atoms with Crippen molar-refractivity contribution in [1.29, 1.82) is 0 Å². The van der Waals surface area contributed by atoms with Gasteiger partial charge >= 0.3 is 0 Å². The third kappa shape index (κ3) is 3.12. The fraction of sp³-hybridized carbons (Fsp3) is 0.286. The highest BCUT2D eigenvalue weighted by molar-refractivity contribution is 6.30. The summed E-state index contributed by atoms with van der Waals surface area (Å²) in [6, 6.07) is 14.7. The van der Waals surface area contributed by atoms with Crippen LogP contribution in [-0.2, 0) is 9.59 Å². The van der Waals surface area contributed by atoms with Gasteiger partial charge in [-0.3, -0.25) is 9.59 Å². The van der Waals surface area contributed by atoms with Gasteiger partial charge in [-0.2, -0.15) is 0 Å². The van der Waals surface area contributed by atoms with Gasteiger partial charge in [0.05, 0.1) is 17.1 Å². The number of amides is 1. The van der Waals surface area contributed by atoms with E-state index in [4.69, 9.17) is 16.6 Å². The molecule has 0 spiro atoms. The summed E-state index contributed by atoms with van der Waals surface area (Å²) in [4.78, 5) is 31.3. The van der Waals surface area contributed by atoms with Crippen molar-refractivity contribution in [3.8, 4) is 0 Å². The second-order valence-corrected chi connectivity index (χ2v) is 7.43. The molecule has 0 N–H and O–H groups in total. The number of ketones is 1. The molecule has 1 aliphatic rings. The predicted octanol–water partition coefficient (Wildman–Crippen LogP) is 4.36. The molecule has 1 aromatic heterocycles. The zero-order chi connectivity index (χ0) is 19.1. The van der Waals surface area contributed by atoms with Crippen molar-refractivity contribution >= 4 is 40.0 Å². The third-order valence-corrected chi connectivity index (χ3v) is 5.48. The lowest BCUT2D eigenvalue weighted by molar-refractivity contribution is -0.119. The van der Waals surface area contributed by atoms with Gasteiger partial charge in [-0.25, -0.2) is 4.98 Å². The minimum atomic E-state index is -0.327. The summed E-state index contributed by atoms with van der Waals surface area (Å²) in [5.74, 6) is 0.848. The summed E-state index contributed by atoms with van der Waals surface area (Å²) < 4.78 is 1.99. The lowest BCUT2D eigenvalue weighted by Gasteiger charge is -2.19. The first-order chi connectivity index (χ1) is 13.0. The van der Waals surface area contributed by atoms with Crippen LogP contribution in [0.1, 0.15) is 38.1 Å². The van der Waals surface area contributed by atoms with E-state index in [-0.39, 0.29) is 23.7 Å². The van der Waals surface area contributed by atoms with Crippen molar-refractivity contribution in [2.45, 2.75) is 32.2 Å². The molecule has 2 unspecified atom stereocenters. The Bertz CT molecular complexity index is 1030. The molecule has 2 heterocycles. The van der Waals surface area contributed by atoms with E-state index in [0.29, 0.717) is 18.0 Å². The Kier molecular flexibility index (Phi) is 4.48. The first kappa shape index (κ1) is 17.7. The largest absolute Gasteiger partial charge is 0.317 e. The smallest absolute Gasteiger partial charge is 0.227 e. The van der Waals surface area contributed by atoms with Crippen LogP contribution in [0.4, 0.5) is 5.69 Å². The van der Waals surface area contributed by atoms with Crippen molar-refractivity contribution in [2.24, 2.45) is 0 Å². The molecule has 138 valence electrons. The van der Waals surface area contributed by atoms with E-state index in [2.05, 4.69) is 0 Å². The van der Waals surface area contributed by atoms with Crippen LogP contribution in [0.25, 0.3) is 11.0 Å². The van der Waals surface area contributed by atoms with Gasteiger partial charge in [-0.15, -0.1) is 0 Å². The minimum absolute atomic E-state index is 0.0522.